The van der Waals surface area contributed by atoms with E-state index in [1.165, 1.54) is 19.2 Å². The van der Waals surface area contributed by atoms with Gasteiger partial charge in [0.2, 0.25) is 0 Å². The number of carbonyl (C=O) groups excluding carboxylic acids is 1. The lowest BCUT2D eigenvalue weighted by molar-refractivity contribution is 0.00556. The number of hydrogen-bond acceptors (Lipinski definition) is 7. The molecule has 0 heterocycles. The standard InChI is InChI=1S/C19H22N2O5/c1-19(2,3)26-18(23)14-11-13(9-10-17(14)25-12-24-4)20-21-15-7-5-6-8-16(15)22/h5-11,22H,12H2,1-4H3/b21-20+. The van der Waals surface area contributed by atoms with Gasteiger partial charge in [-0.15, -0.1) is 5.11 Å². The van der Waals surface area contributed by atoms with E-state index in [1.807, 2.05) is 0 Å². The Balaban J connectivity index is 2.32. The molecule has 7 heteroatoms. The Bertz CT molecular complexity index is 797. The van der Waals surface area contributed by atoms with E-state index in [-0.39, 0.29) is 18.1 Å². The lowest BCUT2D eigenvalue weighted by atomic mass is 10.1. The number of hydrogen-bond donors (Lipinski definition) is 1. The fourth-order valence-electron chi connectivity index (χ4n) is 1.98. The third-order valence-corrected chi connectivity index (χ3v) is 3.07. The number of benzene rings is 2. The monoisotopic (exact) mass is 358 g/mol. The average Bonchev–Trinajstić information content (AvgIpc) is 2.58. The smallest absolute Gasteiger partial charge is 0.342 e. The first-order valence-electron chi connectivity index (χ1n) is 7.99. The third-order valence-electron chi connectivity index (χ3n) is 3.07. The topological polar surface area (TPSA) is 89.7 Å². The molecule has 0 radical (unpaired) electrons. The molecule has 0 spiro atoms. The molecule has 0 bridgehead atoms. The zero-order valence-electron chi connectivity index (χ0n) is 15.2. The van der Waals surface area contributed by atoms with Crippen LogP contribution in [0.15, 0.2) is 52.7 Å². The highest BCUT2D eigenvalue weighted by Crippen LogP contribution is 2.30. The van der Waals surface area contributed by atoms with Gasteiger partial charge in [-0.2, -0.15) is 5.11 Å². The maximum absolute atomic E-state index is 12.5. The van der Waals surface area contributed by atoms with E-state index in [9.17, 15) is 9.90 Å². The third kappa shape index (κ3) is 5.56. The first-order chi connectivity index (χ1) is 12.3. The van der Waals surface area contributed by atoms with Crippen molar-refractivity contribution in [3.63, 3.8) is 0 Å². The summed E-state index contributed by atoms with van der Waals surface area (Å²) in [6, 6.07) is 11.3. The quantitative estimate of drug-likeness (QED) is 0.457. The highest BCUT2D eigenvalue weighted by Gasteiger charge is 2.21. The van der Waals surface area contributed by atoms with Crippen molar-refractivity contribution in [3.05, 3.63) is 48.0 Å². The molecule has 0 aliphatic heterocycles. The van der Waals surface area contributed by atoms with Gasteiger partial charge in [-0.1, -0.05) is 12.1 Å². The van der Waals surface area contributed by atoms with Crippen LogP contribution >= 0.6 is 0 Å². The molecule has 0 aromatic heterocycles. The Morgan fingerprint density at radius 3 is 2.50 bits per heavy atom. The Labute approximate surface area is 152 Å². The molecule has 2 rings (SSSR count). The number of methoxy groups -OCH3 is 1. The van der Waals surface area contributed by atoms with Gasteiger partial charge in [-0.3, -0.25) is 0 Å². The van der Waals surface area contributed by atoms with Gasteiger partial charge < -0.3 is 19.3 Å². The summed E-state index contributed by atoms with van der Waals surface area (Å²) in [4.78, 5) is 12.5. The van der Waals surface area contributed by atoms with Crippen LogP contribution in [0.4, 0.5) is 11.4 Å². The number of nitrogens with zero attached hydrogens (tertiary/aromatic N) is 2. The number of esters is 1. The predicted octanol–water partition coefficient (Wildman–Crippen LogP) is 4.75. The lowest BCUT2D eigenvalue weighted by Crippen LogP contribution is -2.24. The second kappa shape index (κ2) is 8.44. The Morgan fingerprint density at radius 2 is 1.85 bits per heavy atom. The van der Waals surface area contributed by atoms with Crippen molar-refractivity contribution in [1.29, 1.82) is 0 Å². The summed E-state index contributed by atoms with van der Waals surface area (Å²) in [5.41, 5.74) is 0.304. The number of carbonyl (C=O) groups is 1. The van der Waals surface area contributed by atoms with Crippen LogP contribution in [0, 0.1) is 0 Å². The summed E-state index contributed by atoms with van der Waals surface area (Å²) in [5, 5.41) is 17.8. The molecule has 0 atom stereocenters. The number of phenols is 1. The fraction of sp³-hybridized carbons (Fsp3) is 0.316. The van der Waals surface area contributed by atoms with Crippen LogP contribution < -0.4 is 4.74 Å². The molecule has 0 aliphatic carbocycles. The molecule has 1 N–H and O–H groups in total. The van der Waals surface area contributed by atoms with Crippen LogP contribution in [0.5, 0.6) is 11.5 Å². The highest BCUT2D eigenvalue weighted by atomic mass is 16.7. The molecular weight excluding hydrogens is 336 g/mol. The average molecular weight is 358 g/mol. The zero-order valence-corrected chi connectivity index (χ0v) is 15.2. The van der Waals surface area contributed by atoms with Gasteiger partial charge >= 0.3 is 5.97 Å². The molecule has 0 saturated carbocycles. The minimum atomic E-state index is -0.650. The summed E-state index contributed by atoms with van der Waals surface area (Å²) in [6.07, 6.45) is 0. The summed E-state index contributed by atoms with van der Waals surface area (Å²) in [6.45, 7) is 5.33. The number of phenolic OH excluding ortho intramolecular Hbond substituents is 1. The predicted molar refractivity (Wildman–Crippen MR) is 96.4 cm³/mol. The van der Waals surface area contributed by atoms with Crippen molar-refractivity contribution in [2.24, 2.45) is 10.2 Å². The van der Waals surface area contributed by atoms with E-state index in [0.29, 0.717) is 17.1 Å². The van der Waals surface area contributed by atoms with Crippen LogP contribution in [-0.2, 0) is 9.47 Å². The highest BCUT2D eigenvalue weighted by molar-refractivity contribution is 5.93. The minimum absolute atomic E-state index is 0.00541. The van der Waals surface area contributed by atoms with E-state index in [0.717, 1.165) is 0 Å². The van der Waals surface area contributed by atoms with E-state index >= 15 is 0 Å². The number of ether oxygens (including phenoxy) is 3. The molecule has 138 valence electrons. The SMILES string of the molecule is COCOc1ccc(/N=N/c2ccccc2O)cc1C(=O)OC(C)(C)C. The molecular formula is C19H22N2O5. The van der Waals surface area contributed by atoms with E-state index in [1.54, 1.807) is 51.1 Å². The van der Waals surface area contributed by atoms with Gasteiger partial charge in [0.15, 0.2) is 6.79 Å². The normalized spacial score (nSPS) is 11.5. The molecule has 26 heavy (non-hydrogen) atoms. The Morgan fingerprint density at radius 1 is 1.12 bits per heavy atom. The summed E-state index contributed by atoms with van der Waals surface area (Å²) in [5.74, 6) is -0.200. The number of azo groups is 1. The molecule has 0 fully saturated rings. The molecule has 2 aromatic rings. The van der Waals surface area contributed by atoms with Gasteiger partial charge in [0.1, 0.15) is 28.4 Å². The van der Waals surface area contributed by atoms with Crippen molar-refractivity contribution >= 4 is 17.3 Å². The van der Waals surface area contributed by atoms with Gasteiger partial charge in [-0.05, 0) is 51.1 Å². The largest absolute Gasteiger partial charge is 0.506 e. The van der Waals surface area contributed by atoms with E-state index in [2.05, 4.69) is 10.2 Å². The lowest BCUT2D eigenvalue weighted by Gasteiger charge is -2.20. The molecule has 7 nitrogen and oxygen atoms in total. The van der Waals surface area contributed by atoms with Gasteiger partial charge in [0.05, 0.1) is 5.69 Å². The van der Waals surface area contributed by atoms with Gasteiger partial charge in [0, 0.05) is 7.11 Å². The van der Waals surface area contributed by atoms with Crippen LogP contribution in [0.25, 0.3) is 0 Å². The molecule has 0 unspecified atom stereocenters. The fourth-order valence-corrected chi connectivity index (χ4v) is 1.98. The maximum Gasteiger partial charge on any atom is 0.342 e. The number of para-hydroxylation sites is 1. The Hall–Kier alpha value is -2.93. The minimum Gasteiger partial charge on any atom is -0.506 e. The van der Waals surface area contributed by atoms with E-state index in [4.69, 9.17) is 14.2 Å². The summed E-state index contributed by atoms with van der Waals surface area (Å²) in [7, 11) is 1.49. The number of aromatic hydroxyl groups is 1. The summed E-state index contributed by atoms with van der Waals surface area (Å²) >= 11 is 0. The first kappa shape index (κ1) is 19.4. The molecule has 0 aliphatic rings. The van der Waals surface area contributed by atoms with Crippen LogP contribution in [0.3, 0.4) is 0 Å². The van der Waals surface area contributed by atoms with Crippen molar-refractivity contribution in [3.8, 4) is 11.5 Å². The van der Waals surface area contributed by atoms with Crippen LogP contribution in [0.2, 0.25) is 0 Å². The van der Waals surface area contributed by atoms with Gasteiger partial charge in [-0.25, -0.2) is 4.79 Å². The molecule has 0 saturated heterocycles. The first-order valence-corrected chi connectivity index (χ1v) is 7.99. The van der Waals surface area contributed by atoms with Crippen molar-refractivity contribution in [2.75, 3.05) is 13.9 Å². The van der Waals surface area contributed by atoms with Crippen molar-refractivity contribution in [2.45, 2.75) is 26.4 Å². The molecule has 2 aromatic carbocycles. The summed E-state index contributed by atoms with van der Waals surface area (Å²) < 4.78 is 15.7. The molecule has 0 amide bonds. The number of rotatable bonds is 6. The van der Waals surface area contributed by atoms with Crippen LogP contribution in [0.1, 0.15) is 31.1 Å². The second-order valence-corrected chi connectivity index (χ2v) is 6.42. The Kier molecular flexibility index (Phi) is 6.30. The van der Waals surface area contributed by atoms with Crippen molar-refractivity contribution in [1.82, 2.24) is 0 Å². The van der Waals surface area contributed by atoms with E-state index < -0.39 is 11.6 Å². The van der Waals surface area contributed by atoms with Gasteiger partial charge in [0.25, 0.3) is 0 Å². The van der Waals surface area contributed by atoms with Crippen molar-refractivity contribution < 1.29 is 24.1 Å². The second-order valence-electron chi connectivity index (χ2n) is 6.42. The van der Waals surface area contributed by atoms with Crippen LogP contribution in [-0.4, -0.2) is 30.6 Å². The maximum atomic E-state index is 12.5. The zero-order chi connectivity index (χ0) is 19.2.